The van der Waals surface area contributed by atoms with Gasteiger partial charge in [0, 0.05) is 11.9 Å². The predicted octanol–water partition coefficient (Wildman–Crippen LogP) is 2.03. The standard InChI is InChI=1S/C10H17ClF3NO3S/c11-4-5-19(16,17)15-8-2-1-3-9(6-8)18-7-10(12,13)14/h8-9,15H,1-7H2. The molecule has 0 heterocycles. The molecule has 0 aromatic heterocycles. The minimum Gasteiger partial charge on any atom is -0.369 e. The molecule has 0 radical (unpaired) electrons. The Morgan fingerprint density at radius 3 is 2.58 bits per heavy atom. The Morgan fingerprint density at radius 2 is 2.00 bits per heavy atom. The van der Waals surface area contributed by atoms with Crippen molar-refractivity contribution in [3.05, 3.63) is 0 Å². The molecule has 0 aromatic rings. The van der Waals surface area contributed by atoms with Crippen LogP contribution in [0.5, 0.6) is 0 Å². The van der Waals surface area contributed by atoms with Gasteiger partial charge in [-0.2, -0.15) is 13.2 Å². The van der Waals surface area contributed by atoms with Crippen molar-refractivity contribution in [1.29, 1.82) is 0 Å². The smallest absolute Gasteiger partial charge is 0.369 e. The number of sulfonamides is 1. The molecule has 1 saturated carbocycles. The monoisotopic (exact) mass is 323 g/mol. The van der Waals surface area contributed by atoms with Gasteiger partial charge < -0.3 is 4.74 Å². The lowest BCUT2D eigenvalue weighted by molar-refractivity contribution is -0.188. The number of hydrogen-bond acceptors (Lipinski definition) is 3. The number of alkyl halides is 4. The second-order valence-electron chi connectivity index (χ2n) is 4.54. The zero-order chi connectivity index (χ0) is 14.5. The van der Waals surface area contributed by atoms with E-state index in [0.29, 0.717) is 19.3 Å². The van der Waals surface area contributed by atoms with Crippen LogP contribution in [0.3, 0.4) is 0 Å². The molecular weight excluding hydrogens is 307 g/mol. The van der Waals surface area contributed by atoms with E-state index in [0.717, 1.165) is 0 Å². The molecule has 0 bridgehead atoms. The molecule has 0 aromatic carbocycles. The van der Waals surface area contributed by atoms with Crippen LogP contribution in [0, 0.1) is 0 Å². The van der Waals surface area contributed by atoms with E-state index >= 15 is 0 Å². The summed E-state index contributed by atoms with van der Waals surface area (Å²) in [6, 6.07) is -0.375. The van der Waals surface area contributed by atoms with Crippen LogP contribution in [0.2, 0.25) is 0 Å². The third kappa shape index (κ3) is 7.34. The summed E-state index contributed by atoms with van der Waals surface area (Å²) >= 11 is 5.36. The van der Waals surface area contributed by atoms with Gasteiger partial charge in [0.15, 0.2) is 0 Å². The number of hydrogen-bond donors (Lipinski definition) is 1. The lowest BCUT2D eigenvalue weighted by atomic mass is 9.93. The first-order chi connectivity index (χ1) is 8.72. The Hall–Kier alpha value is -0.0500. The van der Waals surface area contributed by atoms with Gasteiger partial charge >= 0.3 is 6.18 Å². The van der Waals surface area contributed by atoms with Crippen molar-refractivity contribution in [2.24, 2.45) is 0 Å². The maximum absolute atomic E-state index is 12.0. The summed E-state index contributed by atoms with van der Waals surface area (Å²) in [5, 5.41) is 0. The van der Waals surface area contributed by atoms with Crippen LogP contribution in [0.25, 0.3) is 0 Å². The first-order valence-corrected chi connectivity index (χ1v) is 8.15. The van der Waals surface area contributed by atoms with Gasteiger partial charge in [-0.15, -0.1) is 11.6 Å². The van der Waals surface area contributed by atoms with Crippen LogP contribution >= 0.6 is 11.6 Å². The molecule has 9 heteroatoms. The summed E-state index contributed by atoms with van der Waals surface area (Å²) in [7, 11) is -3.46. The van der Waals surface area contributed by atoms with Gasteiger partial charge in [-0.25, -0.2) is 13.1 Å². The first kappa shape index (κ1) is 17.0. The molecule has 0 amide bonds. The van der Waals surface area contributed by atoms with E-state index in [1.54, 1.807) is 0 Å². The maximum atomic E-state index is 12.0. The largest absolute Gasteiger partial charge is 0.411 e. The fraction of sp³-hybridized carbons (Fsp3) is 1.00. The minimum absolute atomic E-state index is 0.0178. The lowest BCUT2D eigenvalue weighted by Crippen LogP contribution is -2.42. The van der Waals surface area contributed by atoms with Crippen molar-refractivity contribution in [1.82, 2.24) is 4.72 Å². The zero-order valence-corrected chi connectivity index (χ0v) is 11.8. The normalized spacial score (nSPS) is 25.5. The highest BCUT2D eigenvalue weighted by molar-refractivity contribution is 7.89. The van der Waals surface area contributed by atoms with Crippen LogP contribution < -0.4 is 4.72 Å². The fourth-order valence-electron chi connectivity index (χ4n) is 2.03. The molecule has 114 valence electrons. The molecule has 1 rings (SSSR count). The number of halogens is 4. The van der Waals surface area contributed by atoms with Gasteiger partial charge in [0.05, 0.1) is 11.9 Å². The molecule has 1 aliphatic rings. The average Bonchev–Trinajstić information content (AvgIpc) is 2.25. The molecule has 1 aliphatic carbocycles. The van der Waals surface area contributed by atoms with E-state index in [9.17, 15) is 21.6 Å². The molecule has 1 fully saturated rings. The molecule has 4 nitrogen and oxygen atoms in total. The highest BCUT2D eigenvalue weighted by atomic mass is 35.5. The second kappa shape index (κ2) is 7.10. The van der Waals surface area contributed by atoms with Gasteiger partial charge in [-0.05, 0) is 25.7 Å². The molecule has 2 atom stereocenters. The Kier molecular flexibility index (Phi) is 6.35. The van der Waals surface area contributed by atoms with E-state index < -0.39 is 28.9 Å². The summed E-state index contributed by atoms with van der Waals surface area (Å²) in [6.07, 6.45) is -2.89. The second-order valence-corrected chi connectivity index (χ2v) is 6.79. The third-order valence-corrected chi connectivity index (χ3v) is 4.65. The van der Waals surface area contributed by atoms with Crippen molar-refractivity contribution in [2.45, 2.75) is 44.0 Å². The minimum atomic E-state index is -4.36. The van der Waals surface area contributed by atoms with Gasteiger partial charge in [0.1, 0.15) is 6.61 Å². The van der Waals surface area contributed by atoms with Crippen LogP contribution in [-0.4, -0.2) is 45.0 Å². The van der Waals surface area contributed by atoms with Crippen molar-refractivity contribution < 1.29 is 26.3 Å². The van der Waals surface area contributed by atoms with E-state index in [2.05, 4.69) is 4.72 Å². The van der Waals surface area contributed by atoms with Crippen LogP contribution in [0.4, 0.5) is 13.2 Å². The fourth-order valence-corrected chi connectivity index (χ4v) is 3.68. The van der Waals surface area contributed by atoms with Crippen LogP contribution in [0.1, 0.15) is 25.7 Å². The van der Waals surface area contributed by atoms with Crippen LogP contribution in [0.15, 0.2) is 0 Å². The molecule has 0 spiro atoms. The zero-order valence-electron chi connectivity index (χ0n) is 10.2. The lowest BCUT2D eigenvalue weighted by Gasteiger charge is -2.29. The Morgan fingerprint density at radius 1 is 1.32 bits per heavy atom. The van der Waals surface area contributed by atoms with Gasteiger partial charge in [-0.3, -0.25) is 0 Å². The molecule has 2 unspecified atom stereocenters. The number of nitrogens with one attached hydrogen (secondary N) is 1. The van der Waals surface area contributed by atoms with E-state index in [1.807, 2.05) is 0 Å². The Bertz CT molecular complexity index is 375. The summed E-state index contributed by atoms with van der Waals surface area (Å²) in [5.41, 5.74) is 0. The quantitative estimate of drug-likeness (QED) is 0.761. The summed E-state index contributed by atoms with van der Waals surface area (Å²) in [5.74, 6) is -0.213. The highest BCUT2D eigenvalue weighted by Gasteiger charge is 2.32. The molecule has 1 N–H and O–H groups in total. The van der Waals surface area contributed by atoms with Crippen molar-refractivity contribution in [3.63, 3.8) is 0 Å². The highest BCUT2D eigenvalue weighted by Crippen LogP contribution is 2.24. The average molecular weight is 324 g/mol. The summed E-state index contributed by atoms with van der Waals surface area (Å²) in [4.78, 5) is 0. The van der Waals surface area contributed by atoms with Crippen molar-refractivity contribution >= 4 is 21.6 Å². The van der Waals surface area contributed by atoms with Gasteiger partial charge in [-0.1, -0.05) is 0 Å². The van der Waals surface area contributed by atoms with E-state index in [-0.39, 0.29) is 24.1 Å². The number of rotatable bonds is 6. The Labute approximate surface area is 115 Å². The topological polar surface area (TPSA) is 55.4 Å². The third-order valence-electron chi connectivity index (χ3n) is 2.80. The number of ether oxygens (including phenoxy) is 1. The van der Waals surface area contributed by atoms with E-state index in [1.165, 1.54) is 0 Å². The Balaban J connectivity index is 2.42. The molecule has 0 saturated heterocycles. The molecule has 0 aliphatic heterocycles. The summed E-state index contributed by atoms with van der Waals surface area (Å²) in [6.45, 7) is -1.29. The van der Waals surface area contributed by atoms with Gasteiger partial charge in [0.2, 0.25) is 10.0 Å². The summed E-state index contributed by atoms with van der Waals surface area (Å²) < 4.78 is 66.3. The van der Waals surface area contributed by atoms with Gasteiger partial charge in [0.25, 0.3) is 0 Å². The maximum Gasteiger partial charge on any atom is 0.411 e. The predicted molar refractivity (Wildman–Crippen MR) is 65.7 cm³/mol. The molecular formula is C10H17ClF3NO3S. The van der Waals surface area contributed by atoms with E-state index in [4.69, 9.17) is 16.3 Å². The van der Waals surface area contributed by atoms with Crippen molar-refractivity contribution in [3.8, 4) is 0 Å². The van der Waals surface area contributed by atoms with Crippen molar-refractivity contribution in [2.75, 3.05) is 18.2 Å². The van der Waals surface area contributed by atoms with Crippen LogP contribution in [-0.2, 0) is 14.8 Å². The SMILES string of the molecule is O=S(=O)(CCCl)NC1CCCC(OCC(F)(F)F)C1. The molecule has 19 heavy (non-hydrogen) atoms. The first-order valence-electron chi connectivity index (χ1n) is 5.96.